The molecule has 2 aromatic carbocycles. The Morgan fingerprint density at radius 3 is 2.42 bits per heavy atom. The number of fused-ring (bicyclic) bond motifs is 5. The molecule has 2 aromatic rings. The number of carbonyl (C=O) groups excluding carboxylic acids is 2. The second-order valence-corrected chi connectivity index (χ2v) is 9.17. The van der Waals surface area contributed by atoms with E-state index in [0.717, 1.165) is 30.2 Å². The highest BCUT2D eigenvalue weighted by Gasteiger charge is 2.36. The van der Waals surface area contributed by atoms with Gasteiger partial charge in [0.25, 0.3) is 5.91 Å². The number of nitrogens with one attached hydrogen (secondary N) is 2. The van der Waals surface area contributed by atoms with E-state index in [-0.39, 0.29) is 5.91 Å². The normalized spacial score (nSPS) is 24.5. The largest absolute Gasteiger partial charge is 0.356 e. The molecule has 1 atom stereocenters. The van der Waals surface area contributed by atoms with Crippen molar-refractivity contribution in [1.82, 2.24) is 10.2 Å². The highest BCUT2D eigenvalue weighted by atomic mass is 19.1. The number of rotatable bonds is 2. The highest BCUT2D eigenvalue weighted by molar-refractivity contribution is 6.12. The number of hydrogen-bond donors (Lipinski definition) is 2. The van der Waals surface area contributed by atoms with E-state index in [0.29, 0.717) is 17.5 Å². The Kier molecular flexibility index (Phi) is 5.74. The van der Waals surface area contributed by atoms with E-state index in [2.05, 4.69) is 15.5 Å². The van der Waals surface area contributed by atoms with Crippen LogP contribution in [0.1, 0.15) is 31.2 Å². The number of aliphatic imine (C=N–C) groups is 1. The maximum absolute atomic E-state index is 13.5. The number of benzodiazepines with no additional fused rings is 1. The number of amides is 3. The number of halogens is 1. The molecule has 3 heterocycles. The minimum absolute atomic E-state index is 0.304. The summed E-state index contributed by atoms with van der Waals surface area (Å²) >= 11 is 0. The lowest BCUT2D eigenvalue weighted by molar-refractivity contribution is -0.119. The van der Waals surface area contributed by atoms with E-state index in [9.17, 15) is 14.0 Å². The predicted molar refractivity (Wildman–Crippen MR) is 126 cm³/mol. The van der Waals surface area contributed by atoms with Crippen molar-refractivity contribution in [3.8, 4) is 0 Å². The van der Waals surface area contributed by atoms with Gasteiger partial charge in [-0.1, -0.05) is 18.2 Å². The highest BCUT2D eigenvalue weighted by Crippen LogP contribution is 2.36. The number of benzene rings is 2. The van der Waals surface area contributed by atoms with Crippen LogP contribution in [0.2, 0.25) is 0 Å². The van der Waals surface area contributed by atoms with E-state index in [1.165, 1.54) is 43.9 Å². The summed E-state index contributed by atoms with van der Waals surface area (Å²) in [6.07, 6.45) is 3.82. The maximum atomic E-state index is 13.5. The van der Waals surface area contributed by atoms with Crippen molar-refractivity contribution in [2.45, 2.75) is 31.8 Å². The molecule has 3 amide bonds. The van der Waals surface area contributed by atoms with Crippen molar-refractivity contribution in [3.05, 3.63) is 59.9 Å². The van der Waals surface area contributed by atoms with Crippen molar-refractivity contribution in [2.24, 2.45) is 16.8 Å². The summed E-state index contributed by atoms with van der Waals surface area (Å²) < 4.78 is 13.5. The topological polar surface area (TPSA) is 77.0 Å². The lowest BCUT2D eigenvalue weighted by atomic mass is 9.84. The monoisotopic (exact) mass is 449 g/mol. The van der Waals surface area contributed by atoms with Gasteiger partial charge in [-0.25, -0.2) is 14.2 Å². The van der Waals surface area contributed by atoms with Crippen LogP contribution >= 0.6 is 0 Å². The summed E-state index contributed by atoms with van der Waals surface area (Å²) in [7, 11) is 1.70. The van der Waals surface area contributed by atoms with Crippen LogP contribution in [0, 0.1) is 17.7 Å². The molecule has 4 aliphatic rings. The van der Waals surface area contributed by atoms with E-state index >= 15 is 0 Å². The Hall–Kier alpha value is -3.42. The van der Waals surface area contributed by atoms with Gasteiger partial charge < -0.3 is 20.4 Å². The number of amidine groups is 1. The first-order chi connectivity index (χ1) is 16.0. The molecule has 172 valence electrons. The molecule has 2 bridgehead atoms. The van der Waals surface area contributed by atoms with Gasteiger partial charge in [0, 0.05) is 31.4 Å². The van der Waals surface area contributed by atoms with E-state index in [1.54, 1.807) is 18.0 Å². The minimum atomic E-state index is -1.09. The van der Waals surface area contributed by atoms with Gasteiger partial charge in [-0.3, -0.25) is 4.79 Å². The summed E-state index contributed by atoms with van der Waals surface area (Å²) in [6, 6.07) is 12.7. The summed E-state index contributed by atoms with van der Waals surface area (Å²) in [5.41, 5.74) is 1.97. The Labute approximate surface area is 192 Å². The van der Waals surface area contributed by atoms with Crippen LogP contribution in [-0.2, 0) is 4.79 Å². The molecule has 33 heavy (non-hydrogen) atoms. The molecule has 0 radical (unpaired) electrons. The molecular formula is C25H28FN5O2. The molecule has 0 aromatic heterocycles. The Morgan fingerprint density at radius 1 is 1.03 bits per heavy atom. The lowest BCUT2D eigenvalue weighted by Gasteiger charge is -2.27. The van der Waals surface area contributed by atoms with Gasteiger partial charge in [0.1, 0.15) is 11.7 Å². The van der Waals surface area contributed by atoms with Crippen LogP contribution < -0.4 is 15.5 Å². The summed E-state index contributed by atoms with van der Waals surface area (Å²) in [5, 5.41) is 5.28. The first kappa shape index (κ1) is 21.4. The van der Waals surface area contributed by atoms with Crippen LogP contribution in [0.15, 0.2) is 53.5 Å². The molecule has 7 nitrogen and oxygen atoms in total. The molecule has 0 spiro atoms. The quantitative estimate of drug-likeness (QED) is 0.732. The Bertz CT molecular complexity index is 1080. The van der Waals surface area contributed by atoms with E-state index < -0.39 is 18.0 Å². The van der Waals surface area contributed by atoms with Crippen molar-refractivity contribution >= 4 is 29.1 Å². The number of urea groups is 1. The molecule has 2 N–H and O–H groups in total. The van der Waals surface area contributed by atoms with Crippen molar-refractivity contribution in [3.63, 3.8) is 0 Å². The van der Waals surface area contributed by atoms with Crippen LogP contribution in [0.25, 0.3) is 0 Å². The van der Waals surface area contributed by atoms with Crippen molar-refractivity contribution in [2.75, 3.05) is 30.4 Å². The second-order valence-electron chi connectivity index (χ2n) is 9.17. The second kappa shape index (κ2) is 8.84. The summed E-state index contributed by atoms with van der Waals surface area (Å²) in [6.45, 7) is 1.81. The lowest BCUT2D eigenvalue weighted by Crippen LogP contribution is -2.47. The summed E-state index contributed by atoms with van der Waals surface area (Å²) in [4.78, 5) is 34.6. The van der Waals surface area contributed by atoms with E-state index in [1.807, 2.05) is 24.3 Å². The third kappa shape index (κ3) is 4.42. The van der Waals surface area contributed by atoms with Crippen molar-refractivity contribution < 1.29 is 14.0 Å². The molecule has 2 saturated heterocycles. The number of hydrogen-bond acceptors (Lipinski definition) is 4. The molecular weight excluding hydrogens is 421 g/mol. The average Bonchev–Trinajstić information content (AvgIpc) is 3.18. The molecule has 6 rings (SSSR count). The number of carbonyl (C=O) groups is 2. The number of para-hydroxylation sites is 1. The summed E-state index contributed by atoms with van der Waals surface area (Å²) in [5.74, 6) is 1.21. The van der Waals surface area contributed by atoms with Crippen LogP contribution in [0.5, 0.6) is 0 Å². The SMILES string of the molecule is CN1C(=O)C(NC(=O)Nc2cccc(F)c2)N=C(N2CC3CCC(CC3)C2)c2ccccc21. The van der Waals surface area contributed by atoms with Gasteiger partial charge in [0.15, 0.2) is 0 Å². The third-order valence-electron chi connectivity index (χ3n) is 6.90. The zero-order valence-electron chi connectivity index (χ0n) is 18.6. The van der Waals surface area contributed by atoms with Crippen LogP contribution in [0.3, 0.4) is 0 Å². The fourth-order valence-corrected chi connectivity index (χ4v) is 5.18. The van der Waals surface area contributed by atoms with Crippen molar-refractivity contribution in [1.29, 1.82) is 0 Å². The van der Waals surface area contributed by atoms with Gasteiger partial charge in [0.05, 0.1) is 5.69 Å². The molecule has 3 fully saturated rings. The van der Waals surface area contributed by atoms with Gasteiger partial charge in [0.2, 0.25) is 6.17 Å². The molecule has 8 heteroatoms. The predicted octanol–water partition coefficient (Wildman–Crippen LogP) is 3.82. The average molecular weight is 450 g/mol. The fourth-order valence-electron chi connectivity index (χ4n) is 5.18. The Morgan fingerprint density at radius 2 is 1.73 bits per heavy atom. The van der Waals surface area contributed by atoms with Gasteiger partial charge in [-0.2, -0.15) is 0 Å². The Balaban J connectivity index is 1.46. The molecule has 1 saturated carbocycles. The van der Waals surface area contributed by atoms with E-state index in [4.69, 9.17) is 4.99 Å². The smallest absolute Gasteiger partial charge is 0.321 e. The molecule has 1 aliphatic carbocycles. The number of anilines is 2. The van der Waals surface area contributed by atoms with Gasteiger partial charge >= 0.3 is 6.03 Å². The minimum Gasteiger partial charge on any atom is -0.356 e. The fraction of sp³-hybridized carbons (Fsp3) is 0.400. The first-order valence-electron chi connectivity index (χ1n) is 11.5. The zero-order chi connectivity index (χ0) is 22.9. The first-order valence-corrected chi connectivity index (χ1v) is 11.5. The number of likely N-dealkylation sites (N-methyl/N-ethyl adjacent to an activating group) is 1. The third-order valence-corrected chi connectivity index (χ3v) is 6.90. The number of nitrogens with zero attached hydrogens (tertiary/aromatic N) is 3. The van der Waals surface area contributed by atoms with Crippen LogP contribution in [0.4, 0.5) is 20.6 Å². The van der Waals surface area contributed by atoms with Gasteiger partial charge in [-0.05, 0) is 67.9 Å². The van der Waals surface area contributed by atoms with Crippen LogP contribution in [-0.4, -0.2) is 49.0 Å². The standard InChI is InChI=1S/C25H28FN5O2/c1-30-21-8-3-2-7-20(21)23(31-14-16-9-10-17(15-31)12-11-16)28-22(24(30)32)29-25(33)27-19-6-4-5-18(26)13-19/h2-8,13,16-17,22H,9-12,14-15H2,1H3,(H2,27,29,33). The maximum Gasteiger partial charge on any atom is 0.321 e. The molecule has 3 aliphatic heterocycles. The zero-order valence-corrected chi connectivity index (χ0v) is 18.6. The van der Waals surface area contributed by atoms with Gasteiger partial charge in [-0.15, -0.1) is 0 Å². The molecule has 1 unspecified atom stereocenters.